The first-order chi connectivity index (χ1) is 5.11. The monoisotopic (exact) mass is 163 g/mol. The molecule has 1 unspecified atom stereocenters. The highest BCUT2D eigenvalue weighted by Gasteiger charge is 2.17. The van der Waals surface area contributed by atoms with Crippen LogP contribution in [-0.4, -0.2) is 29.0 Å². The third-order valence-electron chi connectivity index (χ3n) is 1.36. The van der Waals surface area contributed by atoms with Gasteiger partial charge in [0.1, 0.15) is 6.04 Å². The van der Waals surface area contributed by atoms with E-state index in [0.717, 1.165) is 0 Å². The number of carbonyl (C=O) groups is 1. The fourth-order valence-electron chi connectivity index (χ4n) is 0.672. The number of hydrogen-bond acceptors (Lipinski definition) is 5. The van der Waals surface area contributed by atoms with Crippen molar-refractivity contribution < 1.29 is 20.0 Å². The van der Waals surface area contributed by atoms with Crippen molar-refractivity contribution in [1.29, 1.82) is 0 Å². The quantitative estimate of drug-likeness (QED) is 0.378. The van der Waals surface area contributed by atoms with Gasteiger partial charge in [0.25, 0.3) is 0 Å². The molecule has 0 aliphatic carbocycles. The molecule has 0 heterocycles. The predicted molar refractivity (Wildman–Crippen MR) is 37.6 cm³/mol. The lowest BCUT2D eigenvalue weighted by molar-refractivity contribution is -0.236. The second-order valence-electron chi connectivity index (χ2n) is 2.54. The number of aliphatic hydroxyl groups excluding tert-OH is 1. The Morgan fingerprint density at radius 3 is 2.64 bits per heavy atom. The van der Waals surface area contributed by atoms with E-state index in [1.165, 1.54) is 0 Å². The van der Waals surface area contributed by atoms with Gasteiger partial charge in [0, 0.05) is 6.61 Å². The van der Waals surface area contributed by atoms with E-state index < -0.39 is 12.0 Å². The summed E-state index contributed by atoms with van der Waals surface area (Å²) in [6, 6.07) is -0.859. The third kappa shape index (κ3) is 3.92. The van der Waals surface area contributed by atoms with E-state index in [-0.39, 0.29) is 12.5 Å². The number of carbonyl (C=O) groups excluding carboxylic acids is 1. The summed E-state index contributed by atoms with van der Waals surface area (Å²) in [6.07, 6.45) is 0.301. The van der Waals surface area contributed by atoms with Crippen molar-refractivity contribution in [3.8, 4) is 0 Å². The second kappa shape index (κ2) is 5.06. The molecule has 0 saturated heterocycles. The molecular formula is C6H13NO4. The fraction of sp³-hybridized carbons (Fsp3) is 0.833. The molecule has 4 N–H and O–H groups in total. The molecule has 0 amide bonds. The van der Waals surface area contributed by atoms with Crippen molar-refractivity contribution in [3.05, 3.63) is 0 Å². The van der Waals surface area contributed by atoms with E-state index in [1.807, 2.05) is 0 Å². The van der Waals surface area contributed by atoms with Gasteiger partial charge >= 0.3 is 5.97 Å². The van der Waals surface area contributed by atoms with Crippen molar-refractivity contribution >= 4 is 5.97 Å². The van der Waals surface area contributed by atoms with Gasteiger partial charge in [-0.15, -0.1) is 0 Å². The topological polar surface area (TPSA) is 92.8 Å². The van der Waals surface area contributed by atoms with Gasteiger partial charge in [-0.2, -0.15) is 5.26 Å². The van der Waals surface area contributed by atoms with E-state index in [2.05, 4.69) is 4.89 Å². The van der Waals surface area contributed by atoms with Crippen LogP contribution in [0, 0.1) is 5.92 Å². The molecular weight excluding hydrogens is 150 g/mol. The molecule has 66 valence electrons. The molecule has 0 aliphatic rings. The number of aliphatic hydroxyl groups is 1. The minimum atomic E-state index is -0.870. The number of rotatable bonds is 4. The van der Waals surface area contributed by atoms with Crippen molar-refractivity contribution in [1.82, 2.24) is 0 Å². The van der Waals surface area contributed by atoms with Crippen molar-refractivity contribution in [3.63, 3.8) is 0 Å². The molecule has 5 nitrogen and oxygen atoms in total. The van der Waals surface area contributed by atoms with Gasteiger partial charge in [-0.1, -0.05) is 6.92 Å². The van der Waals surface area contributed by atoms with Crippen LogP contribution in [0.5, 0.6) is 0 Å². The molecule has 0 rings (SSSR count). The van der Waals surface area contributed by atoms with Crippen molar-refractivity contribution in [2.24, 2.45) is 11.7 Å². The largest absolute Gasteiger partial charge is 0.396 e. The summed E-state index contributed by atoms with van der Waals surface area (Å²) in [7, 11) is 0. The van der Waals surface area contributed by atoms with Crippen LogP contribution in [0.4, 0.5) is 0 Å². The van der Waals surface area contributed by atoms with Gasteiger partial charge in [-0.25, -0.2) is 4.79 Å². The highest BCUT2D eigenvalue weighted by atomic mass is 17.1. The normalized spacial score (nSPS) is 15.6. The zero-order chi connectivity index (χ0) is 8.85. The highest BCUT2D eigenvalue weighted by molar-refractivity contribution is 5.74. The summed E-state index contributed by atoms with van der Waals surface area (Å²) < 4.78 is 0. The van der Waals surface area contributed by atoms with E-state index in [9.17, 15) is 4.79 Å². The van der Waals surface area contributed by atoms with Gasteiger partial charge in [-0.3, -0.25) is 4.89 Å². The second-order valence-corrected chi connectivity index (χ2v) is 2.54. The Bertz CT molecular complexity index is 128. The Morgan fingerprint density at radius 1 is 1.73 bits per heavy atom. The third-order valence-corrected chi connectivity index (χ3v) is 1.36. The van der Waals surface area contributed by atoms with Crippen LogP contribution in [0.15, 0.2) is 0 Å². The Morgan fingerprint density at radius 2 is 2.27 bits per heavy atom. The zero-order valence-electron chi connectivity index (χ0n) is 6.36. The summed E-state index contributed by atoms with van der Waals surface area (Å²) in [5.41, 5.74) is 5.26. The first kappa shape index (κ1) is 10.3. The van der Waals surface area contributed by atoms with Gasteiger partial charge in [-0.05, 0) is 12.3 Å². The van der Waals surface area contributed by atoms with E-state index in [1.54, 1.807) is 6.92 Å². The Kier molecular flexibility index (Phi) is 4.76. The molecule has 0 saturated carbocycles. The van der Waals surface area contributed by atoms with Gasteiger partial charge in [0.15, 0.2) is 0 Å². The van der Waals surface area contributed by atoms with Gasteiger partial charge in [0.05, 0.1) is 0 Å². The lowest BCUT2D eigenvalue weighted by atomic mass is 10.0. The molecule has 0 bridgehead atoms. The summed E-state index contributed by atoms with van der Waals surface area (Å²) in [4.78, 5) is 13.9. The maximum absolute atomic E-state index is 10.5. The first-order valence-electron chi connectivity index (χ1n) is 3.33. The van der Waals surface area contributed by atoms with Crippen LogP contribution < -0.4 is 5.73 Å². The summed E-state index contributed by atoms with van der Waals surface area (Å²) in [5.74, 6) is -0.936. The molecule has 0 aliphatic heterocycles. The molecule has 0 aromatic rings. The van der Waals surface area contributed by atoms with Crippen LogP contribution >= 0.6 is 0 Å². The van der Waals surface area contributed by atoms with E-state index in [0.29, 0.717) is 6.42 Å². The molecule has 2 atom stereocenters. The first-order valence-corrected chi connectivity index (χ1v) is 3.33. The van der Waals surface area contributed by atoms with Gasteiger partial charge in [0.2, 0.25) is 0 Å². The molecule has 0 fully saturated rings. The molecule has 0 aromatic heterocycles. The van der Waals surface area contributed by atoms with Crippen LogP contribution in [0.3, 0.4) is 0 Å². The average molecular weight is 163 g/mol. The van der Waals surface area contributed by atoms with Crippen LogP contribution in [0.25, 0.3) is 0 Å². The Labute approximate surface area is 64.7 Å². The number of hydrogen-bond donors (Lipinski definition) is 3. The van der Waals surface area contributed by atoms with Crippen molar-refractivity contribution in [2.45, 2.75) is 19.4 Å². The average Bonchev–Trinajstić information content (AvgIpc) is 2.02. The molecule has 11 heavy (non-hydrogen) atoms. The molecule has 0 spiro atoms. The predicted octanol–water partition coefficient (Wildman–Crippen LogP) is -0.652. The summed E-state index contributed by atoms with van der Waals surface area (Å²) in [5, 5.41) is 16.5. The summed E-state index contributed by atoms with van der Waals surface area (Å²) in [6.45, 7) is 1.71. The van der Waals surface area contributed by atoms with Crippen molar-refractivity contribution in [2.75, 3.05) is 6.61 Å². The van der Waals surface area contributed by atoms with Crippen LogP contribution in [-0.2, 0) is 9.68 Å². The minimum Gasteiger partial charge on any atom is -0.396 e. The number of nitrogens with two attached hydrogens (primary N) is 1. The Balaban J connectivity index is 3.67. The lowest BCUT2D eigenvalue weighted by Crippen LogP contribution is -2.33. The summed E-state index contributed by atoms with van der Waals surface area (Å²) >= 11 is 0. The minimum absolute atomic E-state index is 0.0353. The van der Waals surface area contributed by atoms with E-state index in [4.69, 9.17) is 16.1 Å². The smallest absolute Gasteiger partial charge is 0.358 e. The van der Waals surface area contributed by atoms with E-state index >= 15 is 0 Å². The van der Waals surface area contributed by atoms with Gasteiger partial charge < -0.3 is 10.8 Å². The standard InChI is InChI=1S/C6H13NO4/c1-4(3-8)2-5(7)6(9)11-10/h4-5,8,10H,2-3,7H2,1H3/t4?,5-/m0/s1. The fourth-order valence-corrected chi connectivity index (χ4v) is 0.672. The maximum Gasteiger partial charge on any atom is 0.358 e. The molecule has 5 heteroatoms. The Hall–Kier alpha value is -0.650. The SMILES string of the molecule is CC(CO)C[C@H](N)C(=O)OO. The molecule has 0 aromatic carbocycles. The van der Waals surface area contributed by atoms with Crippen LogP contribution in [0.1, 0.15) is 13.3 Å². The van der Waals surface area contributed by atoms with Crippen LogP contribution in [0.2, 0.25) is 0 Å². The zero-order valence-corrected chi connectivity index (χ0v) is 6.36. The maximum atomic E-state index is 10.5. The highest BCUT2D eigenvalue weighted by Crippen LogP contribution is 2.03. The molecule has 0 radical (unpaired) electrons. The lowest BCUT2D eigenvalue weighted by Gasteiger charge is -2.11.